The van der Waals surface area contributed by atoms with E-state index in [1.807, 2.05) is 12.3 Å². The topological polar surface area (TPSA) is 29.1 Å². The van der Waals surface area contributed by atoms with Gasteiger partial charge in [0.25, 0.3) is 5.91 Å². The zero-order valence-electron chi connectivity index (χ0n) is 7.56. The molecule has 0 aliphatic heterocycles. The van der Waals surface area contributed by atoms with Crippen molar-refractivity contribution in [3.05, 3.63) is 32.5 Å². The van der Waals surface area contributed by atoms with Crippen LogP contribution in [0.2, 0.25) is 5.02 Å². The minimum Gasteiger partial charge on any atom is -0.346 e. The number of nitrogens with one attached hydrogen (secondary N) is 1. The van der Waals surface area contributed by atoms with E-state index in [0.717, 1.165) is 5.56 Å². The first kappa shape index (κ1) is 11.6. The van der Waals surface area contributed by atoms with E-state index < -0.39 is 0 Å². The number of hydrogen-bond donors (Lipinski definition) is 1. The highest BCUT2D eigenvalue weighted by Crippen LogP contribution is 2.26. The lowest BCUT2D eigenvalue weighted by molar-refractivity contribution is 0.0962. The lowest BCUT2D eigenvalue weighted by Crippen LogP contribution is -2.23. The van der Waals surface area contributed by atoms with Crippen molar-refractivity contribution in [2.45, 2.75) is 6.92 Å². The number of aryl methyl sites for hydroxylation is 1. The van der Waals surface area contributed by atoms with Crippen molar-refractivity contribution in [1.82, 2.24) is 5.32 Å². The molecule has 14 heavy (non-hydrogen) atoms. The summed E-state index contributed by atoms with van der Waals surface area (Å²) in [6.07, 6.45) is 0. The first-order valence-corrected chi connectivity index (χ1v) is 5.51. The van der Waals surface area contributed by atoms with Crippen molar-refractivity contribution in [3.8, 4) is 0 Å². The second-order valence-electron chi connectivity index (χ2n) is 2.76. The molecule has 0 unspecified atom stereocenters. The van der Waals surface area contributed by atoms with Crippen LogP contribution in [0.15, 0.2) is 17.0 Å². The Hall–Kier alpha value is -0.510. The molecule has 1 rings (SSSR count). The van der Waals surface area contributed by atoms with Gasteiger partial charge in [0.05, 0.1) is 11.6 Å². The van der Waals surface area contributed by atoms with Gasteiger partial charge in [-0.25, -0.2) is 0 Å². The largest absolute Gasteiger partial charge is 0.346 e. The minimum absolute atomic E-state index is 0.213. The van der Waals surface area contributed by atoms with E-state index in [1.165, 1.54) is 11.3 Å². The zero-order valence-corrected chi connectivity index (χ0v) is 9.89. The molecule has 0 bridgehead atoms. The van der Waals surface area contributed by atoms with Crippen LogP contribution in [0.25, 0.3) is 0 Å². The lowest BCUT2D eigenvalue weighted by Gasteiger charge is -2.01. The third-order valence-electron chi connectivity index (χ3n) is 1.55. The molecule has 1 aromatic heterocycles. The normalized spacial score (nSPS) is 9.93. The Morgan fingerprint density at radius 2 is 2.36 bits per heavy atom. The van der Waals surface area contributed by atoms with Gasteiger partial charge in [0.2, 0.25) is 0 Å². The molecule has 1 amide bonds. The average Bonchev–Trinajstić information content (AvgIpc) is 2.44. The highest BCUT2D eigenvalue weighted by atomic mass is 35.5. The molecule has 0 fully saturated rings. The molecule has 0 spiro atoms. The summed E-state index contributed by atoms with van der Waals surface area (Å²) in [6, 6.07) is 0. The van der Waals surface area contributed by atoms with Crippen LogP contribution < -0.4 is 5.32 Å². The fourth-order valence-electron chi connectivity index (χ4n) is 0.840. The Balaban J connectivity index is 2.70. The van der Waals surface area contributed by atoms with Crippen LogP contribution in [0.1, 0.15) is 15.2 Å². The molecule has 5 heteroatoms. The van der Waals surface area contributed by atoms with E-state index in [2.05, 4.69) is 11.9 Å². The second-order valence-corrected chi connectivity index (χ2v) is 4.55. The number of halogens is 2. The zero-order chi connectivity index (χ0) is 10.7. The molecule has 0 aromatic carbocycles. The van der Waals surface area contributed by atoms with Crippen molar-refractivity contribution >= 4 is 40.4 Å². The summed E-state index contributed by atoms with van der Waals surface area (Å²) in [7, 11) is 0. The van der Waals surface area contributed by atoms with Crippen LogP contribution >= 0.6 is 34.5 Å². The van der Waals surface area contributed by atoms with Gasteiger partial charge in [-0.05, 0) is 17.9 Å². The Morgan fingerprint density at radius 3 is 2.79 bits per heavy atom. The first-order chi connectivity index (χ1) is 6.52. The molecule has 76 valence electrons. The van der Waals surface area contributed by atoms with Gasteiger partial charge in [-0.15, -0.1) is 11.3 Å². The van der Waals surface area contributed by atoms with Crippen molar-refractivity contribution < 1.29 is 4.79 Å². The Bertz CT molecular complexity index is 373. The summed E-state index contributed by atoms with van der Waals surface area (Å²) in [5.74, 6) is -0.213. The fourth-order valence-corrected chi connectivity index (χ4v) is 2.10. The molecule has 1 N–H and O–H groups in total. The van der Waals surface area contributed by atoms with Crippen LogP contribution in [0.5, 0.6) is 0 Å². The SMILES string of the molecule is C=C(Cl)CNC(=O)c1scc(C)c1Cl. The molecule has 0 aliphatic carbocycles. The summed E-state index contributed by atoms with van der Waals surface area (Å²) in [4.78, 5) is 12.0. The smallest absolute Gasteiger partial charge is 0.263 e. The monoisotopic (exact) mass is 249 g/mol. The fraction of sp³-hybridized carbons (Fsp3) is 0.222. The minimum atomic E-state index is -0.213. The van der Waals surface area contributed by atoms with Gasteiger partial charge in [0.15, 0.2) is 0 Å². The first-order valence-electron chi connectivity index (χ1n) is 3.87. The third kappa shape index (κ3) is 2.74. The van der Waals surface area contributed by atoms with Crippen molar-refractivity contribution in [2.24, 2.45) is 0 Å². The number of thiophene rings is 1. The van der Waals surface area contributed by atoms with Crippen LogP contribution in [0, 0.1) is 6.92 Å². The Morgan fingerprint density at radius 1 is 1.71 bits per heavy atom. The highest BCUT2D eigenvalue weighted by molar-refractivity contribution is 7.13. The molecule has 1 heterocycles. The van der Waals surface area contributed by atoms with Crippen molar-refractivity contribution in [3.63, 3.8) is 0 Å². The predicted octanol–water partition coefficient (Wildman–Crippen LogP) is 3.19. The van der Waals surface area contributed by atoms with Gasteiger partial charge < -0.3 is 5.32 Å². The second kappa shape index (κ2) is 4.82. The third-order valence-corrected chi connectivity index (χ3v) is 3.38. The average molecular weight is 250 g/mol. The molecule has 2 nitrogen and oxygen atoms in total. The maximum Gasteiger partial charge on any atom is 0.263 e. The van der Waals surface area contributed by atoms with E-state index in [4.69, 9.17) is 23.2 Å². The summed E-state index contributed by atoms with van der Waals surface area (Å²) >= 11 is 12.7. The van der Waals surface area contributed by atoms with E-state index >= 15 is 0 Å². The maximum absolute atomic E-state index is 11.5. The van der Waals surface area contributed by atoms with Crippen molar-refractivity contribution in [2.75, 3.05) is 6.54 Å². The summed E-state index contributed by atoms with van der Waals surface area (Å²) < 4.78 is 0. The molecule has 0 atom stereocenters. The molecular formula is C9H9Cl2NOS. The highest BCUT2D eigenvalue weighted by Gasteiger charge is 2.13. The lowest BCUT2D eigenvalue weighted by atomic mass is 10.3. The van der Waals surface area contributed by atoms with Crippen LogP contribution in [-0.4, -0.2) is 12.5 Å². The van der Waals surface area contributed by atoms with Gasteiger partial charge in [0, 0.05) is 5.03 Å². The van der Waals surface area contributed by atoms with Gasteiger partial charge in [-0.1, -0.05) is 29.8 Å². The summed E-state index contributed by atoms with van der Waals surface area (Å²) in [6.45, 7) is 5.58. The van der Waals surface area contributed by atoms with E-state index in [1.54, 1.807) is 0 Å². The van der Waals surface area contributed by atoms with Gasteiger partial charge in [-0.3, -0.25) is 4.79 Å². The number of carbonyl (C=O) groups excluding carboxylic acids is 1. The van der Waals surface area contributed by atoms with Crippen LogP contribution in [-0.2, 0) is 0 Å². The number of hydrogen-bond acceptors (Lipinski definition) is 2. The molecule has 0 saturated heterocycles. The molecular weight excluding hydrogens is 241 g/mol. The maximum atomic E-state index is 11.5. The molecule has 0 saturated carbocycles. The molecule has 0 aliphatic rings. The predicted molar refractivity (Wildman–Crippen MR) is 61.4 cm³/mol. The molecule has 1 aromatic rings. The van der Waals surface area contributed by atoms with Gasteiger partial charge in [0.1, 0.15) is 4.88 Å². The Kier molecular flexibility index (Phi) is 3.98. The van der Waals surface area contributed by atoms with E-state index in [9.17, 15) is 4.79 Å². The number of amides is 1. The number of carbonyl (C=O) groups is 1. The van der Waals surface area contributed by atoms with Gasteiger partial charge in [-0.2, -0.15) is 0 Å². The Labute approximate surface area is 96.5 Å². The van der Waals surface area contributed by atoms with Gasteiger partial charge >= 0.3 is 0 Å². The summed E-state index contributed by atoms with van der Waals surface area (Å²) in [5, 5.41) is 5.35. The van der Waals surface area contributed by atoms with E-state index in [0.29, 0.717) is 14.9 Å². The molecule has 0 radical (unpaired) electrons. The van der Waals surface area contributed by atoms with Crippen molar-refractivity contribution in [1.29, 1.82) is 0 Å². The quantitative estimate of drug-likeness (QED) is 0.876. The van der Waals surface area contributed by atoms with E-state index in [-0.39, 0.29) is 12.5 Å². The standard InChI is InChI=1S/C9H9Cl2NOS/c1-5-4-14-8(7(5)11)9(13)12-3-6(2)10/h4H,2-3H2,1H3,(H,12,13). The number of rotatable bonds is 3. The summed E-state index contributed by atoms with van der Waals surface area (Å²) in [5.41, 5.74) is 0.909. The van der Waals surface area contributed by atoms with Crippen LogP contribution in [0.3, 0.4) is 0 Å². The van der Waals surface area contributed by atoms with Crippen LogP contribution in [0.4, 0.5) is 0 Å².